The van der Waals surface area contributed by atoms with Gasteiger partial charge in [-0.15, -0.1) is 11.8 Å². The fourth-order valence-electron chi connectivity index (χ4n) is 1.99. The smallest absolute Gasteiger partial charge is 0.116 e. The Morgan fingerprint density at radius 1 is 1.53 bits per heavy atom. The third-order valence-corrected chi connectivity index (χ3v) is 3.97. The quantitative estimate of drug-likeness (QED) is 0.450. The summed E-state index contributed by atoms with van der Waals surface area (Å²) in [7, 11) is 0. The maximum Gasteiger partial charge on any atom is 0.116 e. The molecule has 0 amide bonds. The molecule has 0 aliphatic rings. The van der Waals surface area contributed by atoms with E-state index in [0.29, 0.717) is 6.04 Å². The molecule has 0 radical (unpaired) electrons. The summed E-state index contributed by atoms with van der Waals surface area (Å²) in [5.41, 5.74) is -0.388. The molecule has 1 atom stereocenters. The fraction of sp³-hybridized carbons (Fsp3) is 0.643. The summed E-state index contributed by atoms with van der Waals surface area (Å²) in [6, 6.07) is 4.69. The monoisotopic (exact) mass is 278 g/mol. The molecule has 4 nitrogen and oxygen atoms in total. The van der Waals surface area contributed by atoms with Crippen molar-refractivity contribution < 1.29 is 0 Å². The molecule has 1 heterocycles. The van der Waals surface area contributed by atoms with E-state index in [0.717, 1.165) is 30.0 Å². The molecule has 1 aromatic rings. The van der Waals surface area contributed by atoms with Crippen molar-refractivity contribution in [1.29, 1.82) is 5.26 Å². The van der Waals surface area contributed by atoms with Gasteiger partial charge in [-0.25, -0.2) is 9.97 Å². The zero-order chi connectivity index (χ0) is 14.1. The Labute approximate surface area is 120 Å². The summed E-state index contributed by atoms with van der Waals surface area (Å²) in [5, 5.41) is 13.8. The second kappa shape index (κ2) is 8.13. The SMILES string of the molecule is CCC(C#N)(CCCSc1ccncn1)NC(C)C. The van der Waals surface area contributed by atoms with Crippen molar-refractivity contribution in [3.8, 4) is 6.07 Å². The minimum absolute atomic E-state index is 0.328. The summed E-state index contributed by atoms with van der Waals surface area (Å²) in [6.45, 7) is 6.23. The van der Waals surface area contributed by atoms with Gasteiger partial charge in [0.2, 0.25) is 0 Å². The van der Waals surface area contributed by atoms with Crippen LogP contribution < -0.4 is 5.32 Å². The Morgan fingerprint density at radius 3 is 2.84 bits per heavy atom. The minimum atomic E-state index is -0.388. The fourth-order valence-corrected chi connectivity index (χ4v) is 2.76. The second-order valence-corrected chi connectivity index (χ2v) is 5.96. The lowest BCUT2D eigenvalue weighted by Gasteiger charge is -2.29. The molecule has 0 spiro atoms. The molecule has 0 aliphatic heterocycles. The van der Waals surface area contributed by atoms with Crippen molar-refractivity contribution in [3.05, 3.63) is 18.6 Å². The Balaban J connectivity index is 2.39. The molecule has 1 rings (SSSR count). The van der Waals surface area contributed by atoms with Crippen LogP contribution >= 0.6 is 11.8 Å². The van der Waals surface area contributed by atoms with Crippen LogP contribution in [0.25, 0.3) is 0 Å². The van der Waals surface area contributed by atoms with Gasteiger partial charge >= 0.3 is 0 Å². The molecule has 0 bridgehead atoms. The molecular formula is C14H22N4S. The normalized spacial score (nSPS) is 14.1. The largest absolute Gasteiger partial charge is 0.297 e. The van der Waals surface area contributed by atoms with Crippen LogP contribution in [0.2, 0.25) is 0 Å². The standard InChI is InChI=1S/C14H22N4S/c1-4-14(10-15,18-12(2)3)7-5-9-19-13-6-8-16-11-17-13/h6,8,11-12,18H,4-5,7,9H2,1-3H3. The lowest BCUT2D eigenvalue weighted by Crippen LogP contribution is -2.47. The van der Waals surface area contributed by atoms with Crippen molar-refractivity contribution in [3.63, 3.8) is 0 Å². The van der Waals surface area contributed by atoms with Crippen molar-refractivity contribution >= 4 is 11.8 Å². The van der Waals surface area contributed by atoms with Gasteiger partial charge in [0.1, 0.15) is 11.9 Å². The molecule has 0 saturated carbocycles. The first-order valence-electron chi connectivity index (χ1n) is 6.69. The molecule has 1 N–H and O–H groups in total. The van der Waals surface area contributed by atoms with Gasteiger partial charge in [-0.1, -0.05) is 6.92 Å². The molecule has 1 aromatic heterocycles. The van der Waals surface area contributed by atoms with Gasteiger partial charge in [-0.2, -0.15) is 5.26 Å². The molecular weight excluding hydrogens is 256 g/mol. The molecule has 19 heavy (non-hydrogen) atoms. The first-order chi connectivity index (χ1) is 9.12. The van der Waals surface area contributed by atoms with Crippen LogP contribution in [-0.4, -0.2) is 27.3 Å². The molecule has 5 heteroatoms. The van der Waals surface area contributed by atoms with Gasteiger partial charge in [0, 0.05) is 12.2 Å². The van der Waals surface area contributed by atoms with Crippen molar-refractivity contribution in [1.82, 2.24) is 15.3 Å². The van der Waals surface area contributed by atoms with Gasteiger partial charge in [-0.3, -0.25) is 5.32 Å². The Bertz CT molecular complexity index is 402. The van der Waals surface area contributed by atoms with Gasteiger partial charge in [0.25, 0.3) is 0 Å². The predicted molar refractivity (Wildman–Crippen MR) is 78.9 cm³/mol. The number of nitrogens with one attached hydrogen (secondary N) is 1. The zero-order valence-corrected chi connectivity index (χ0v) is 12.7. The van der Waals surface area contributed by atoms with Gasteiger partial charge in [0.05, 0.1) is 11.1 Å². The van der Waals surface area contributed by atoms with E-state index in [9.17, 15) is 5.26 Å². The zero-order valence-electron chi connectivity index (χ0n) is 11.9. The second-order valence-electron chi connectivity index (χ2n) is 4.85. The highest BCUT2D eigenvalue weighted by atomic mass is 32.2. The lowest BCUT2D eigenvalue weighted by molar-refractivity contribution is 0.341. The van der Waals surface area contributed by atoms with Crippen molar-refractivity contribution in [2.24, 2.45) is 0 Å². The average Bonchev–Trinajstić information content (AvgIpc) is 2.43. The number of hydrogen-bond donors (Lipinski definition) is 1. The number of thioether (sulfide) groups is 1. The molecule has 0 aromatic carbocycles. The first-order valence-corrected chi connectivity index (χ1v) is 7.68. The van der Waals surface area contributed by atoms with Crippen LogP contribution in [0.4, 0.5) is 0 Å². The summed E-state index contributed by atoms with van der Waals surface area (Å²) in [6.07, 6.45) is 6.02. The van der Waals surface area contributed by atoms with E-state index < -0.39 is 0 Å². The Morgan fingerprint density at radius 2 is 2.32 bits per heavy atom. The van der Waals surface area contributed by atoms with Crippen LogP contribution in [0.1, 0.15) is 40.0 Å². The number of aromatic nitrogens is 2. The van der Waals surface area contributed by atoms with Crippen LogP contribution in [-0.2, 0) is 0 Å². The highest BCUT2D eigenvalue weighted by Gasteiger charge is 2.27. The summed E-state index contributed by atoms with van der Waals surface area (Å²) in [4.78, 5) is 8.07. The number of hydrogen-bond acceptors (Lipinski definition) is 5. The molecule has 0 aliphatic carbocycles. The highest BCUT2D eigenvalue weighted by molar-refractivity contribution is 7.99. The van der Waals surface area contributed by atoms with Crippen LogP contribution in [0.5, 0.6) is 0 Å². The maximum absolute atomic E-state index is 9.40. The van der Waals surface area contributed by atoms with Crippen LogP contribution in [0.3, 0.4) is 0 Å². The highest BCUT2D eigenvalue weighted by Crippen LogP contribution is 2.21. The van der Waals surface area contributed by atoms with E-state index in [-0.39, 0.29) is 5.54 Å². The molecule has 0 fully saturated rings. The molecule has 0 saturated heterocycles. The lowest BCUT2D eigenvalue weighted by atomic mass is 9.91. The van der Waals surface area contributed by atoms with Crippen molar-refractivity contribution in [2.75, 3.05) is 5.75 Å². The van der Waals surface area contributed by atoms with E-state index >= 15 is 0 Å². The van der Waals surface area contributed by atoms with Gasteiger partial charge in [-0.05, 0) is 44.9 Å². The van der Waals surface area contributed by atoms with E-state index in [1.807, 2.05) is 6.07 Å². The first kappa shape index (κ1) is 15.9. The third kappa shape index (κ3) is 5.58. The summed E-state index contributed by atoms with van der Waals surface area (Å²) < 4.78 is 0. The van der Waals surface area contributed by atoms with Gasteiger partial charge in [0.15, 0.2) is 0 Å². The third-order valence-electron chi connectivity index (χ3n) is 2.94. The average molecular weight is 278 g/mol. The topological polar surface area (TPSA) is 61.6 Å². The van der Waals surface area contributed by atoms with E-state index in [2.05, 4.69) is 42.1 Å². The van der Waals surface area contributed by atoms with E-state index in [4.69, 9.17) is 0 Å². The molecule has 1 unspecified atom stereocenters. The number of nitrogens with zero attached hydrogens (tertiary/aromatic N) is 3. The number of rotatable bonds is 8. The summed E-state index contributed by atoms with van der Waals surface area (Å²) >= 11 is 1.71. The Hall–Kier alpha value is -1.12. The minimum Gasteiger partial charge on any atom is -0.297 e. The van der Waals surface area contributed by atoms with Gasteiger partial charge < -0.3 is 0 Å². The number of nitriles is 1. The maximum atomic E-state index is 9.40. The van der Waals surface area contributed by atoms with E-state index in [1.165, 1.54) is 0 Å². The Kier molecular flexibility index (Phi) is 6.82. The predicted octanol–water partition coefficient (Wildman–Crippen LogP) is 3.02. The van der Waals surface area contributed by atoms with Crippen LogP contribution in [0.15, 0.2) is 23.6 Å². The molecule has 104 valence electrons. The summed E-state index contributed by atoms with van der Waals surface area (Å²) in [5.74, 6) is 0.972. The van der Waals surface area contributed by atoms with Crippen LogP contribution in [0, 0.1) is 11.3 Å². The van der Waals surface area contributed by atoms with E-state index in [1.54, 1.807) is 24.3 Å². The van der Waals surface area contributed by atoms with Crippen molar-refractivity contribution in [2.45, 2.75) is 56.6 Å².